The van der Waals surface area contributed by atoms with Crippen LogP contribution in [0.15, 0.2) is 0 Å². The Morgan fingerprint density at radius 1 is 1.00 bits per heavy atom. The predicted octanol–water partition coefficient (Wildman–Crippen LogP) is 4.05. The lowest BCUT2D eigenvalue weighted by Crippen LogP contribution is -2.67. The van der Waals surface area contributed by atoms with Gasteiger partial charge < -0.3 is 14.2 Å². The molecule has 0 amide bonds. The first kappa shape index (κ1) is 14.0. The molecule has 2 bridgehead atoms. The molecule has 0 N–H and O–H groups in total. The van der Waals surface area contributed by atoms with Gasteiger partial charge in [0, 0.05) is 12.3 Å². The number of alkyl halides is 1. The molecule has 1 spiro atoms. The molecule has 1 aliphatic carbocycles. The maximum atomic E-state index is 6.61. The summed E-state index contributed by atoms with van der Waals surface area (Å²) >= 11 is 3.79. The molecular formula is C16H25BrO3. The normalized spacial score (nSPS) is 65.0. The van der Waals surface area contributed by atoms with Gasteiger partial charge in [0.15, 0.2) is 12.1 Å². The van der Waals surface area contributed by atoms with Gasteiger partial charge in [0.25, 0.3) is 0 Å². The summed E-state index contributed by atoms with van der Waals surface area (Å²) in [7, 11) is 0. The van der Waals surface area contributed by atoms with Gasteiger partial charge in [-0.3, -0.25) is 0 Å². The lowest BCUT2D eigenvalue weighted by Gasteiger charge is -2.60. The van der Waals surface area contributed by atoms with Crippen LogP contribution in [0.5, 0.6) is 0 Å². The van der Waals surface area contributed by atoms with Gasteiger partial charge in [-0.1, -0.05) is 29.8 Å². The van der Waals surface area contributed by atoms with Gasteiger partial charge >= 0.3 is 0 Å². The summed E-state index contributed by atoms with van der Waals surface area (Å²) in [5.74, 6) is 1.79. The van der Waals surface area contributed by atoms with E-state index in [0.717, 1.165) is 6.42 Å². The lowest BCUT2D eigenvalue weighted by molar-refractivity contribution is -0.291. The first-order valence-corrected chi connectivity index (χ1v) is 8.82. The highest BCUT2D eigenvalue weighted by Crippen LogP contribution is 2.65. The molecule has 3 aliphatic heterocycles. The van der Waals surface area contributed by atoms with Crippen LogP contribution in [0.25, 0.3) is 0 Å². The van der Waals surface area contributed by atoms with Crippen LogP contribution in [-0.4, -0.2) is 22.2 Å². The molecular weight excluding hydrogens is 320 g/mol. The van der Waals surface area contributed by atoms with Gasteiger partial charge in [0.1, 0.15) is 10.1 Å². The van der Waals surface area contributed by atoms with E-state index in [1.165, 1.54) is 19.3 Å². The molecule has 4 heteroatoms. The summed E-state index contributed by atoms with van der Waals surface area (Å²) in [5, 5.41) is 0. The van der Waals surface area contributed by atoms with Crippen molar-refractivity contribution in [3.63, 3.8) is 0 Å². The average Bonchev–Trinajstić information content (AvgIpc) is 2.55. The Morgan fingerprint density at radius 2 is 1.75 bits per heavy atom. The van der Waals surface area contributed by atoms with E-state index in [1.54, 1.807) is 0 Å². The smallest absolute Gasteiger partial charge is 0.192 e. The van der Waals surface area contributed by atoms with E-state index >= 15 is 0 Å². The summed E-state index contributed by atoms with van der Waals surface area (Å²) in [4.78, 5) is 0. The maximum Gasteiger partial charge on any atom is 0.192 e. The molecule has 4 fully saturated rings. The molecule has 8 atom stereocenters. The van der Waals surface area contributed by atoms with Crippen molar-refractivity contribution in [2.75, 3.05) is 0 Å². The zero-order valence-electron chi connectivity index (χ0n) is 12.8. The Morgan fingerprint density at radius 3 is 2.50 bits per heavy atom. The average molecular weight is 345 g/mol. The summed E-state index contributed by atoms with van der Waals surface area (Å²) in [6.45, 7) is 8.90. The quantitative estimate of drug-likeness (QED) is 0.620. The van der Waals surface area contributed by atoms with Gasteiger partial charge in [-0.2, -0.15) is 0 Å². The van der Waals surface area contributed by atoms with Crippen LogP contribution in [0.1, 0.15) is 53.4 Å². The van der Waals surface area contributed by atoms with Crippen LogP contribution in [0.2, 0.25) is 0 Å². The van der Waals surface area contributed by atoms with Crippen molar-refractivity contribution in [2.45, 2.75) is 75.6 Å². The van der Waals surface area contributed by atoms with E-state index in [4.69, 9.17) is 14.2 Å². The van der Waals surface area contributed by atoms with Crippen molar-refractivity contribution in [1.82, 2.24) is 0 Å². The third-order valence-corrected chi connectivity index (χ3v) is 7.47. The van der Waals surface area contributed by atoms with E-state index < -0.39 is 5.79 Å². The predicted molar refractivity (Wildman–Crippen MR) is 79.3 cm³/mol. The minimum absolute atomic E-state index is 0.211. The minimum Gasteiger partial charge on any atom is -0.338 e. The van der Waals surface area contributed by atoms with E-state index in [9.17, 15) is 0 Å². The van der Waals surface area contributed by atoms with E-state index in [-0.39, 0.29) is 16.4 Å². The third-order valence-electron chi connectivity index (χ3n) is 6.56. The first-order chi connectivity index (χ1) is 9.29. The van der Waals surface area contributed by atoms with Crippen LogP contribution in [0.4, 0.5) is 0 Å². The molecule has 0 aromatic carbocycles. The molecule has 1 saturated carbocycles. The summed E-state index contributed by atoms with van der Waals surface area (Å²) in [6.07, 6.45) is 4.51. The summed E-state index contributed by atoms with van der Waals surface area (Å²) in [5.41, 5.74) is -0.211. The number of fused-ring (bicyclic) bond motifs is 1. The molecule has 4 rings (SSSR count). The monoisotopic (exact) mass is 344 g/mol. The molecule has 114 valence electrons. The summed E-state index contributed by atoms with van der Waals surface area (Å²) < 4.78 is 18.9. The summed E-state index contributed by atoms with van der Waals surface area (Å²) in [6, 6.07) is 0. The highest BCUT2D eigenvalue weighted by Gasteiger charge is 2.72. The van der Waals surface area contributed by atoms with Crippen molar-refractivity contribution < 1.29 is 14.2 Å². The second-order valence-electron chi connectivity index (χ2n) is 7.74. The number of halogens is 1. The fourth-order valence-corrected chi connectivity index (χ4v) is 5.81. The van der Waals surface area contributed by atoms with Crippen molar-refractivity contribution in [1.29, 1.82) is 0 Å². The van der Waals surface area contributed by atoms with Crippen molar-refractivity contribution in [2.24, 2.45) is 23.7 Å². The number of hydrogen-bond donors (Lipinski definition) is 0. The SMILES string of the molecule is C[C@@H]1CC[C@H]2[C@@H](C)[C@@](C)(Br)O[C@@H]3O[C@]4(C)CCC1[C@]32O4. The number of rotatable bonds is 0. The van der Waals surface area contributed by atoms with E-state index in [0.29, 0.717) is 23.7 Å². The third kappa shape index (κ3) is 1.57. The Labute approximate surface area is 129 Å². The number of hydrogen-bond acceptors (Lipinski definition) is 3. The van der Waals surface area contributed by atoms with Crippen LogP contribution < -0.4 is 0 Å². The molecule has 20 heavy (non-hydrogen) atoms. The van der Waals surface area contributed by atoms with Crippen LogP contribution in [-0.2, 0) is 14.2 Å². The van der Waals surface area contributed by atoms with Gasteiger partial charge in [-0.25, -0.2) is 0 Å². The van der Waals surface area contributed by atoms with Gasteiger partial charge in [-0.15, -0.1) is 0 Å². The molecule has 0 radical (unpaired) electrons. The Hall–Kier alpha value is 0.360. The zero-order chi connectivity index (χ0) is 14.3. The molecule has 4 aliphatic rings. The van der Waals surface area contributed by atoms with Crippen molar-refractivity contribution in [3.05, 3.63) is 0 Å². The molecule has 3 saturated heterocycles. The highest BCUT2D eigenvalue weighted by atomic mass is 79.9. The molecule has 0 aromatic rings. The van der Waals surface area contributed by atoms with Crippen molar-refractivity contribution in [3.8, 4) is 0 Å². The standard InChI is InChI=1S/C16H25BrO3/c1-9-5-6-12-10(2)15(4,17)19-13-16(12)11(9)7-8-14(3,18-13)20-16/h9-13H,5-8H2,1-4H3/t9-,10-,11?,12+,13+,14+,15+,16-/m1/s1. The first-order valence-electron chi connectivity index (χ1n) is 8.03. The maximum absolute atomic E-state index is 6.61. The van der Waals surface area contributed by atoms with Gasteiger partial charge in [0.05, 0.1) is 0 Å². The van der Waals surface area contributed by atoms with Crippen molar-refractivity contribution >= 4 is 15.9 Å². The topological polar surface area (TPSA) is 27.7 Å². The molecule has 0 aromatic heterocycles. The second kappa shape index (κ2) is 4.01. The Balaban J connectivity index is 1.83. The molecule has 3 heterocycles. The second-order valence-corrected chi connectivity index (χ2v) is 9.31. The fourth-order valence-electron chi connectivity index (χ4n) is 5.33. The van der Waals surface area contributed by atoms with Gasteiger partial charge in [-0.05, 0) is 50.9 Å². The van der Waals surface area contributed by atoms with E-state index in [1.807, 2.05) is 0 Å². The van der Waals surface area contributed by atoms with Crippen LogP contribution in [0, 0.1) is 23.7 Å². The zero-order valence-corrected chi connectivity index (χ0v) is 14.4. The Kier molecular flexibility index (Phi) is 2.80. The molecule has 3 nitrogen and oxygen atoms in total. The van der Waals surface area contributed by atoms with Crippen LogP contribution in [0.3, 0.4) is 0 Å². The highest BCUT2D eigenvalue weighted by molar-refractivity contribution is 9.10. The fraction of sp³-hybridized carbons (Fsp3) is 1.00. The molecule has 1 unspecified atom stereocenters. The van der Waals surface area contributed by atoms with E-state index in [2.05, 4.69) is 43.6 Å². The lowest BCUT2D eigenvalue weighted by atomic mass is 9.56. The Bertz CT molecular complexity index is 439. The number of ether oxygens (including phenoxy) is 3. The van der Waals surface area contributed by atoms with Crippen LogP contribution >= 0.6 is 15.9 Å². The minimum atomic E-state index is -0.441. The largest absolute Gasteiger partial charge is 0.338 e. The van der Waals surface area contributed by atoms with Gasteiger partial charge in [0.2, 0.25) is 0 Å².